The molecule has 0 fully saturated rings. The van der Waals surface area contributed by atoms with Crippen LogP contribution in [0, 0.1) is 0 Å². The van der Waals surface area contributed by atoms with Gasteiger partial charge in [-0.05, 0) is 54.6 Å². The van der Waals surface area contributed by atoms with E-state index >= 15 is 0 Å². The lowest BCUT2D eigenvalue weighted by atomic mass is 10.1. The van der Waals surface area contributed by atoms with Crippen molar-refractivity contribution in [2.75, 3.05) is 11.9 Å². The number of aliphatic hydroxyl groups excluding tert-OH is 1. The summed E-state index contributed by atoms with van der Waals surface area (Å²) >= 11 is 12.0. The van der Waals surface area contributed by atoms with Crippen molar-refractivity contribution in [2.24, 2.45) is 0 Å². The maximum atomic E-state index is 12.1. The molecular formula is C19H15Cl2NO4. The molecule has 134 valence electrons. The van der Waals surface area contributed by atoms with Gasteiger partial charge < -0.3 is 19.6 Å². The number of carbonyl (C=O) groups is 1. The number of aliphatic hydroxyl groups is 1. The lowest BCUT2D eigenvalue weighted by molar-refractivity contribution is -0.118. The van der Waals surface area contributed by atoms with Gasteiger partial charge >= 0.3 is 0 Å². The molecule has 0 bridgehead atoms. The normalized spacial score (nSPS) is 10.6. The SMILES string of the molecule is O=C(COc1ccc(Cl)cc1)Nc1ccc(Cl)c(-c2ccc(CO)o2)c1. The molecule has 0 unspecified atom stereocenters. The molecule has 0 spiro atoms. The fourth-order valence-corrected chi connectivity index (χ4v) is 2.61. The van der Waals surface area contributed by atoms with Crippen molar-refractivity contribution in [3.8, 4) is 17.1 Å². The number of nitrogens with one attached hydrogen (secondary N) is 1. The number of hydrogen-bond donors (Lipinski definition) is 2. The number of halogens is 2. The molecular weight excluding hydrogens is 377 g/mol. The second-order valence-corrected chi connectivity index (χ2v) is 6.25. The van der Waals surface area contributed by atoms with E-state index in [0.29, 0.717) is 38.6 Å². The van der Waals surface area contributed by atoms with Crippen LogP contribution in [0.3, 0.4) is 0 Å². The van der Waals surface area contributed by atoms with Crippen molar-refractivity contribution in [2.45, 2.75) is 6.61 Å². The summed E-state index contributed by atoms with van der Waals surface area (Å²) < 4.78 is 10.9. The van der Waals surface area contributed by atoms with Crippen LogP contribution in [0.25, 0.3) is 11.3 Å². The summed E-state index contributed by atoms with van der Waals surface area (Å²) in [6.07, 6.45) is 0. The van der Waals surface area contributed by atoms with Crippen molar-refractivity contribution in [1.82, 2.24) is 0 Å². The van der Waals surface area contributed by atoms with Gasteiger partial charge in [-0.2, -0.15) is 0 Å². The number of hydrogen-bond acceptors (Lipinski definition) is 4. The third-order valence-corrected chi connectivity index (χ3v) is 4.10. The van der Waals surface area contributed by atoms with E-state index in [1.54, 1.807) is 54.6 Å². The number of ether oxygens (including phenoxy) is 1. The molecule has 0 atom stereocenters. The van der Waals surface area contributed by atoms with Crippen LogP contribution in [0.5, 0.6) is 5.75 Å². The van der Waals surface area contributed by atoms with Crippen LogP contribution in [0.4, 0.5) is 5.69 Å². The summed E-state index contributed by atoms with van der Waals surface area (Å²) in [5.74, 6) is 1.17. The van der Waals surface area contributed by atoms with Gasteiger partial charge in [0.25, 0.3) is 5.91 Å². The van der Waals surface area contributed by atoms with E-state index < -0.39 is 0 Å². The van der Waals surface area contributed by atoms with Crippen molar-refractivity contribution < 1.29 is 19.1 Å². The topological polar surface area (TPSA) is 71.7 Å². The highest BCUT2D eigenvalue weighted by Crippen LogP contribution is 2.32. The van der Waals surface area contributed by atoms with Crippen LogP contribution < -0.4 is 10.1 Å². The second kappa shape index (κ2) is 8.27. The van der Waals surface area contributed by atoms with Gasteiger partial charge in [0.05, 0.1) is 5.02 Å². The van der Waals surface area contributed by atoms with Crippen LogP contribution in [-0.2, 0) is 11.4 Å². The smallest absolute Gasteiger partial charge is 0.262 e. The van der Waals surface area contributed by atoms with Crippen molar-refractivity contribution in [3.05, 3.63) is 70.4 Å². The Bertz CT molecular complexity index is 906. The number of anilines is 1. The quantitative estimate of drug-likeness (QED) is 0.634. The highest BCUT2D eigenvalue weighted by molar-refractivity contribution is 6.33. The minimum atomic E-state index is -0.316. The third kappa shape index (κ3) is 4.58. The van der Waals surface area contributed by atoms with E-state index in [1.165, 1.54) is 0 Å². The summed E-state index contributed by atoms with van der Waals surface area (Å²) in [7, 11) is 0. The molecule has 3 aromatic rings. The highest BCUT2D eigenvalue weighted by atomic mass is 35.5. The maximum Gasteiger partial charge on any atom is 0.262 e. The van der Waals surface area contributed by atoms with Gasteiger partial charge in [0.1, 0.15) is 23.9 Å². The number of carbonyl (C=O) groups excluding carboxylic acids is 1. The average Bonchev–Trinajstić information content (AvgIpc) is 3.12. The Balaban J connectivity index is 1.66. The zero-order valence-electron chi connectivity index (χ0n) is 13.5. The van der Waals surface area contributed by atoms with E-state index in [2.05, 4.69) is 5.32 Å². The van der Waals surface area contributed by atoms with E-state index in [-0.39, 0.29) is 19.1 Å². The Morgan fingerprint density at radius 1 is 1.08 bits per heavy atom. The first kappa shape index (κ1) is 18.3. The molecule has 1 aromatic heterocycles. The summed E-state index contributed by atoms with van der Waals surface area (Å²) in [5, 5.41) is 12.9. The van der Waals surface area contributed by atoms with Crippen LogP contribution in [0.15, 0.2) is 59.0 Å². The highest BCUT2D eigenvalue weighted by Gasteiger charge is 2.11. The summed E-state index contributed by atoms with van der Waals surface area (Å²) in [6.45, 7) is -0.342. The molecule has 5 nitrogen and oxygen atoms in total. The van der Waals surface area contributed by atoms with E-state index in [1.807, 2.05) is 0 Å². The molecule has 0 radical (unpaired) electrons. The van der Waals surface area contributed by atoms with Crippen LogP contribution >= 0.6 is 23.2 Å². The molecule has 0 aliphatic rings. The van der Waals surface area contributed by atoms with E-state index in [9.17, 15) is 4.79 Å². The first-order chi connectivity index (χ1) is 12.5. The number of furan rings is 1. The molecule has 0 saturated carbocycles. The lowest BCUT2D eigenvalue weighted by Crippen LogP contribution is -2.20. The minimum Gasteiger partial charge on any atom is -0.484 e. The number of rotatable bonds is 6. The van der Waals surface area contributed by atoms with Crippen molar-refractivity contribution in [1.29, 1.82) is 0 Å². The molecule has 0 aliphatic carbocycles. The lowest BCUT2D eigenvalue weighted by Gasteiger charge is -2.09. The van der Waals surface area contributed by atoms with E-state index in [4.69, 9.17) is 37.5 Å². The van der Waals surface area contributed by atoms with Crippen molar-refractivity contribution >= 4 is 34.8 Å². The largest absolute Gasteiger partial charge is 0.484 e. The van der Waals surface area contributed by atoms with Crippen molar-refractivity contribution in [3.63, 3.8) is 0 Å². The number of amides is 1. The predicted molar refractivity (Wildman–Crippen MR) is 101 cm³/mol. The van der Waals surface area contributed by atoms with E-state index in [0.717, 1.165) is 0 Å². The zero-order chi connectivity index (χ0) is 18.5. The summed E-state index contributed by atoms with van der Waals surface area (Å²) in [4.78, 5) is 12.1. The molecule has 2 N–H and O–H groups in total. The van der Waals surface area contributed by atoms with Gasteiger partial charge in [-0.15, -0.1) is 0 Å². The Labute approximate surface area is 160 Å². The Kier molecular flexibility index (Phi) is 5.83. The molecule has 1 amide bonds. The zero-order valence-corrected chi connectivity index (χ0v) is 15.1. The Hall–Kier alpha value is -2.47. The molecule has 7 heteroatoms. The standard InChI is InChI=1S/C19H15Cl2NO4/c20-12-1-4-14(5-2-12)25-11-19(24)22-13-3-7-17(21)16(9-13)18-8-6-15(10-23)26-18/h1-9,23H,10-11H2,(H,22,24). The van der Waals surface area contributed by atoms with Gasteiger partial charge in [-0.25, -0.2) is 0 Å². The van der Waals surface area contributed by atoms with Gasteiger partial charge in [-0.3, -0.25) is 4.79 Å². The Morgan fingerprint density at radius 3 is 2.54 bits per heavy atom. The summed E-state index contributed by atoms with van der Waals surface area (Å²) in [5.41, 5.74) is 1.17. The second-order valence-electron chi connectivity index (χ2n) is 5.41. The van der Waals surface area contributed by atoms with Gasteiger partial charge in [0.15, 0.2) is 6.61 Å². The molecule has 2 aromatic carbocycles. The average molecular weight is 392 g/mol. The first-order valence-corrected chi connectivity index (χ1v) is 8.48. The monoisotopic (exact) mass is 391 g/mol. The predicted octanol–water partition coefficient (Wildman–Crippen LogP) is 4.76. The number of benzene rings is 2. The first-order valence-electron chi connectivity index (χ1n) is 7.73. The fraction of sp³-hybridized carbons (Fsp3) is 0.105. The maximum absolute atomic E-state index is 12.1. The molecule has 0 saturated heterocycles. The minimum absolute atomic E-state index is 0.144. The van der Waals surface area contributed by atoms with Crippen LogP contribution in [0.2, 0.25) is 10.0 Å². The molecule has 3 rings (SSSR count). The Morgan fingerprint density at radius 2 is 1.85 bits per heavy atom. The van der Waals surface area contributed by atoms with Crippen LogP contribution in [0.1, 0.15) is 5.76 Å². The molecule has 0 aliphatic heterocycles. The molecule has 1 heterocycles. The van der Waals surface area contributed by atoms with Crippen LogP contribution in [-0.4, -0.2) is 17.6 Å². The molecule has 26 heavy (non-hydrogen) atoms. The third-order valence-electron chi connectivity index (χ3n) is 3.52. The van der Waals surface area contributed by atoms with Gasteiger partial charge in [0.2, 0.25) is 0 Å². The fourth-order valence-electron chi connectivity index (χ4n) is 2.28. The summed E-state index contributed by atoms with van der Waals surface area (Å²) in [6, 6.07) is 15.2. The van der Waals surface area contributed by atoms with Gasteiger partial charge in [0, 0.05) is 16.3 Å². The van der Waals surface area contributed by atoms with Gasteiger partial charge in [-0.1, -0.05) is 23.2 Å².